The van der Waals surface area contributed by atoms with E-state index in [0.717, 1.165) is 47.7 Å². The molecule has 4 heterocycles. The maximum Gasteiger partial charge on any atom is 0.165 e. The minimum atomic E-state index is -0.486. The average Bonchev–Trinajstić information content (AvgIpc) is 3.35. The van der Waals surface area contributed by atoms with Crippen LogP contribution >= 0.6 is 11.6 Å². The van der Waals surface area contributed by atoms with Gasteiger partial charge in [0, 0.05) is 11.6 Å². The number of nitrogens with zero attached hydrogens (tertiary/aromatic N) is 4. The molecule has 0 amide bonds. The number of halogens is 2. The average molecular weight is 412 g/mol. The van der Waals surface area contributed by atoms with Crippen molar-refractivity contribution >= 4 is 39.4 Å². The van der Waals surface area contributed by atoms with E-state index in [1.54, 1.807) is 0 Å². The molecule has 8 heteroatoms. The Hall–Kier alpha value is -2.77. The molecule has 0 aliphatic carbocycles. The molecule has 1 aliphatic heterocycles. The van der Waals surface area contributed by atoms with Crippen LogP contribution in [0, 0.1) is 5.82 Å². The number of ether oxygens (including phenoxy) is 1. The molecular formula is C21H19ClFN5O. The third-order valence-corrected chi connectivity index (χ3v) is 5.77. The molecule has 6 nitrogen and oxygen atoms in total. The highest BCUT2D eigenvalue weighted by Gasteiger charge is 2.27. The zero-order valence-electron chi connectivity index (χ0n) is 15.6. The molecule has 1 fully saturated rings. The van der Waals surface area contributed by atoms with Crippen LogP contribution in [0.4, 0.5) is 10.2 Å². The molecule has 0 spiro atoms. The smallest absolute Gasteiger partial charge is 0.165 e. The summed E-state index contributed by atoms with van der Waals surface area (Å²) in [5.74, 6) is -0.556. The molecule has 1 saturated heterocycles. The van der Waals surface area contributed by atoms with Crippen LogP contribution in [0.25, 0.3) is 21.9 Å². The van der Waals surface area contributed by atoms with Crippen LogP contribution in [0.5, 0.6) is 0 Å². The van der Waals surface area contributed by atoms with E-state index < -0.39 is 5.82 Å². The predicted octanol–water partition coefficient (Wildman–Crippen LogP) is 4.66. The SMILES string of the molecule is Nc1nc2cc(CCC3CCC(n4ccc5c(Cl)ncnc54)O3)ccc2cc1F. The summed E-state index contributed by atoms with van der Waals surface area (Å²) in [4.78, 5) is 12.5. The highest BCUT2D eigenvalue weighted by molar-refractivity contribution is 6.33. The largest absolute Gasteiger partial charge is 0.381 e. The van der Waals surface area contributed by atoms with Crippen LogP contribution in [0.2, 0.25) is 5.15 Å². The van der Waals surface area contributed by atoms with Gasteiger partial charge in [0.15, 0.2) is 11.6 Å². The van der Waals surface area contributed by atoms with Crippen molar-refractivity contribution in [3.63, 3.8) is 0 Å². The first-order valence-electron chi connectivity index (χ1n) is 9.55. The first-order valence-corrected chi connectivity index (χ1v) is 9.93. The lowest BCUT2D eigenvalue weighted by Gasteiger charge is -2.16. The summed E-state index contributed by atoms with van der Waals surface area (Å²) in [6, 6.07) is 9.20. The van der Waals surface area contributed by atoms with Crippen molar-refractivity contribution in [2.75, 3.05) is 5.73 Å². The summed E-state index contributed by atoms with van der Waals surface area (Å²) in [6.45, 7) is 0. The summed E-state index contributed by atoms with van der Waals surface area (Å²) < 4.78 is 21.9. The van der Waals surface area contributed by atoms with Crippen molar-refractivity contribution in [1.29, 1.82) is 0 Å². The lowest BCUT2D eigenvalue weighted by atomic mass is 10.0. The van der Waals surface area contributed by atoms with Crippen LogP contribution in [-0.2, 0) is 11.2 Å². The van der Waals surface area contributed by atoms with E-state index >= 15 is 0 Å². The molecule has 1 aromatic carbocycles. The molecule has 5 rings (SSSR count). The molecule has 0 saturated carbocycles. The van der Waals surface area contributed by atoms with Gasteiger partial charge in [0.05, 0.1) is 17.0 Å². The lowest BCUT2D eigenvalue weighted by molar-refractivity contribution is 0.00120. The molecule has 148 valence electrons. The summed E-state index contributed by atoms with van der Waals surface area (Å²) in [5.41, 5.74) is 8.23. The second-order valence-corrected chi connectivity index (χ2v) is 7.69. The van der Waals surface area contributed by atoms with Crippen molar-refractivity contribution in [2.45, 2.75) is 38.0 Å². The van der Waals surface area contributed by atoms with E-state index in [1.807, 2.05) is 35.0 Å². The highest BCUT2D eigenvalue weighted by atomic mass is 35.5. The summed E-state index contributed by atoms with van der Waals surface area (Å²) in [6.07, 6.45) is 7.19. The number of hydrogen-bond acceptors (Lipinski definition) is 5. The molecule has 2 atom stereocenters. The van der Waals surface area contributed by atoms with E-state index in [4.69, 9.17) is 22.1 Å². The standard InChI is InChI=1S/C21H19ClFN5O/c22-19-15-7-8-28(21(15)26-11-25-19)18-6-5-14(29-18)4-2-12-1-3-13-10-16(23)20(24)27-17(13)9-12/h1,3,7-11,14,18H,2,4-6H2,(H2,24,27). The summed E-state index contributed by atoms with van der Waals surface area (Å²) in [7, 11) is 0. The second-order valence-electron chi connectivity index (χ2n) is 7.34. The second kappa shape index (κ2) is 7.24. The number of nitrogens with two attached hydrogens (primary N) is 1. The zero-order chi connectivity index (χ0) is 20.0. The first-order chi connectivity index (χ1) is 14.1. The molecule has 4 aromatic rings. The third-order valence-electron chi connectivity index (χ3n) is 5.47. The Bertz CT molecular complexity index is 1210. The van der Waals surface area contributed by atoms with E-state index in [-0.39, 0.29) is 18.1 Å². The van der Waals surface area contributed by atoms with Crippen molar-refractivity contribution in [3.05, 3.63) is 59.4 Å². The van der Waals surface area contributed by atoms with Crippen LogP contribution in [-0.4, -0.2) is 25.6 Å². The fourth-order valence-electron chi connectivity index (χ4n) is 3.96. The molecule has 0 bridgehead atoms. The van der Waals surface area contributed by atoms with Crippen LogP contribution < -0.4 is 5.73 Å². The van der Waals surface area contributed by atoms with Gasteiger partial charge < -0.3 is 15.0 Å². The van der Waals surface area contributed by atoms with Gasteiger partial charge in [0.1, 0.15) is 23.4 Å². The molecule has 2 N–H and O–H groups in total. The van der Waals surface area contributed by atoms with Crippen LogP contribution in [0.1, 0.15) is 31.1 Å². The summed E-state index contributed by atoms with van der Waals surface area (Å²) in [5, 5.41) is 2.03. The number of anilines is 1. The van der Waals surface area contributed by atoms with Gasteiger partial charge in [-0.3, -0.25) is 0 Å². The number of pyridine rings is 1. The molecule has 29 heavy (non-hydrogen) atoms. The minimum absolute atomic E-state index is 0.0514. The van der Waals surface area contributed by atoms with E-state index in [1.165, 1.54) is 12.4 Å². The quantitative estimate of drug-likeness (QED) is 0.494. The fraction of sp³-hybridized carbons (Fsp3) is 0.286. The van der Waals surface area contributed by atoms with Gasteiger partial charge in [-0.05, 0) is 49.4 Å². The van der Waals surface area contributed by atoms with Crippen LogP contribution in [0.15, 0.2) is 42.9 Å². The van der Waals surface area contributed by atoms with E-state index in [0.29, 0.717) is 10.7 Å². The number of aromatic nitrogens is 4. The molecule has 2 unspecified atom stereocenters. The first kappa shape index (κ1) is 18.3. The van der Waals surface area contributed by atoms with Gasteiger partial charge in [-0.25, -0.2) is 19.3 Å². The summed E-state index contributed by atoms with van der Waals surface area (Å²) >= 11 is 6.14. The molecule has 3 aromatic heterocycles. The third kappa shape index (κ3) is 3.41. The molecule has 1 aliphatic rings. The minimum Gasteiger partial charge on any atom is -0.381 e. The Kier molecular flexibility index (Phi) is 4.56. The Morgan fingerprint density at radius 1 is 1.21 bits per heavy atom. The normalized spacial score (nSPS) is 19.4. The highest BCUT2D eigenvalue weighted by Crippen LogP contribution is 2.34. The maximum absolute atomic E-state index is 13.6. The van der Waals surface area contributed by atoms with Gasteiger partial charge >= 0.3 is 0 Å². The molecule has 0 radical (unpaired) electrons. The monoisotopic (exact) mass is 411 g/mol. The topological polar surface area (TPSA) is 78.9 Å². The number of nitrogen functional groups attached to an aromatic ring is 1. The number of benzene rings is 1. The van der Waals surface area contributed by atoms with Gasteiger partial charge in [0.25, 0.3) is 0 Å². The number of rotatable bonds is 4. The van der Waals surface area contributed by atoms with Crippen molar-refractivity contribution in [3.8, 4) is 0 Å². The molecular weight excluding hydrogens is 393 g/mol. The lowest BCUT2D eigenvalue weighted by Crippen LogP contribution is -2.12. The number of hydrogen-bond donors (Lipinski definition) is 1. The zero-order valence-corrected chi connectivity index (χ0v) is 16.3. The fourth-order valence-corrected chi connectivity index (χ4v) is 4.15. The van der Waals surface area contributed by atoms with Gasteiger partial charge in [0.2, 0.25) is 0 Å². The predicted molar refractivity (Wildman–Crippen MR) is 110 cm³/mol. The Morgan fingerprint density at radius 3 is 3.00 bits per heavy atom. The van der Waals surface area contributed by atoms with Crippen molar-refractivity contribution in [1.82, 2.24) is 19.5 Å². The van der Waals surface area contributed by atoms with Crippen molar-refractivity contribution < 1.29 is 9.13 Å². The van der Waals surface area contributed by atoms with Crippen molar-refractivity contribution in [2.24, 2.45) is 0 Å². The Balaban J connectivity index is 1.27. The number of fused-ring (bicyclic) bond motifs is 2. The Morgan fingerprint density at radius 2 is 2.10 bits per heavy atom. The van der Waals surface area contributed by atoms with E-state index in [9.17, 15) is 4.39 Å². The Labute approximate surface area is 171 Å². The van der Waals surface area contributed by atoms with Gasteiger partial charge in [-0.2, -0.15) is 0 Å². The van der Waals surface area contributed by atoms with Gasteiger partial charge in [-0.15, -0.1) is 0 Å². The maximum atomic E-state index is 13.6. The number of aryl methyl sites for hydroxylation is 1. The van der Waals surface area contributed by atoms with Crippen LogP contribution in [0.3, 0.4) is 0 Å². The van der Waals surface area contributed by atoms with E-state index in [2.05, 4.69) is 15.0 Å². The van der Waals surface area contributed by atoms with Gasteiger partial charge in [-0.1, -0.05) is 23.7 Å².